The largest absolute Gasteiger partial charge is 0.454 e. The van der Waals surface area contributed by atoms with Gasteiger partial charge in [0.15, 0.2) is 16.9 Å². The fraction of sp³-hybridized carbons (Fsp3) is 0.192. The Morgan fingerprint density at radius 2 is 1.86 bits per heavy atom. The first-order valence-electron chi connectivity index (χ1n) is 11.4. The van der Waals surface area contributed by atoms with Gasteiger partial charge in [-0.2, -0.15) is 0 Å². The number of nitrogens with two attached hydrogens (primary N) is 1. The lowest BCUT2D eigenvalue weighted by molar-refractivity contribution is 0.146. The van der Waals surface area contributed by atoms with Gasteiger partial charge in [-0.05, 0) is 56.7 Å². The summed E-state index contributed by atoms with van der Waals surface area (Å²) in [6, 6.07) is 10.9. The Labute approximate surface area is 209 Å². The van der Waals surface area contributed by atoms with Crippen LogP contribution >= 0.6 is 0 Å². The Morgan fingerprint density at radius 1 is 1.05 bits per heavy atom. The molecule has 1 atom stereocenters. The minimum atomic E-state index is -2.75. The molecule has 0 bridgehead atoms. The van der Waals surface area contributed by atoms with Gasteiger partial charge in [0, 0.05) is 17.3 Å². The third-order valence-corrected chi connectivity index (χ3v) is 5.91. The lowest BCUT2D eigenvalue weighted by Crippen LogP contribution is -2.13. The third-order valence-electron chi connectivity index (χ3n) is 5.91. The van der Waals surface area contributed by atoms with E-state index in [9.17, 15) is 13.6 Å². The molecule has 188 valence electrons. The van der Waals surface area contributed by atoms with Crippen LogP contribution in [0.15, 0.2) is 62.3 Å². The standard InChI is InChI=1S/C26H22F2N6O3/c1-12-10-15(14(3)31-17-8-5-9-30-20(17)25-33-34-26(29)37-25)23-16(11-12)21(35)13(2)22(36-23)18-6-4-7-19(32-18)24(27)28/h4-11,14,24,31H,1-3H3,(H2,29,34). The van der Waals surface area contributed by atoms with E-state index in [1.165, 1.54) is 18.2 Å². The molecule has 4 aromatic heterocycles. The van der Waals surface area contributed by atoms with Crippen LogP contribution in [0.1, 0.15) is 41.8 Å². The molecule has 0 radical (unpaired) electrons. The molecule has 4 heterocycles. The number of pyridine rings is 2. The van der Waals surface area contributed by atoms with E-state index in [0.717, 1.165) is 5.56 Å². The highest BCUT2D eigenvalue weighted by Crippen LogP contribution is 2.34. The van der Waals surface area contributed by atoms with Crippen LogP contribution in [0.5, 0.6) is 0 Å². The molecule has 0 saturated heterocycles. The molecular formula is C26H22F2N6O3. The molecule has 0 aliphatic rings. The van der Waals surface area contributed by atoms with Crippen LogP contribution in [0.4, 0.5) is 20.5 Å². The number of rotatable bonds is 6. The molecule has 0 fully saturated rings. The van der Waals surface area contributed by atoms with Crippen molar-refractivity contribution in [2.24, 2.45) is 0 Å². The van der Waals surface area contributed by atoms with E-state index in [1.54, 1.807) is 31.3 Å². The molecule has 1 unspecified atom stereocenters. The Bertz CT molecular complexity index is 1680. The quantitative estimate of drug-likeness (QED) is 0.303. The number of alkyl halides is 2. The summed E-state index contributed by atoms with van der Waals surface area (Å²) in [5.74, 6) is 0.289. The fourth-order valence-electron chi connectivity index (χ4n) is 4.17. The highest BCUT2D eigenvalue weighted by atomic mass is 19.3. The van der Waals surface area contributed by atoms with Gasteiger partial charge in [0.05, 0.1) is 17.1 Å². The number of aryl methyl sites for hydroxylation is 1. The number of benzene rings is 1. The van der Waals surface area contributed by atoms with E-state index in [4.69, 9.17) is 14.6 Å². The average molecular weight is 504 g/mol. The average Bonchev–Trinajstić information content (AvgIpc) is 3.32. The maximum absolute atomic E-state index is 13.4. The van der Waals surface area contributed by atoms with Crippen LogP contribution in [0.25, 0.3) is 34.0 Å². The van der Waals surface area contributed by atoms with Crippen LogP contribution in [-0.4, -0.2) is 20.2 Å². The first-order valence-corrected chi connectivity index (χ1v) is 11.4. The third kappa shape index (κ3) is 4.51. The minimum absolute atomic E-state index is 0.0847. The molecule has 11 heteroatoms. The highest BCUT2D eigenvalue weighted by Gasteiger charge is 2.22. The number of anilines is 2. The predicted molar refractivity (Wildman–Crippen MR) is 134 cm³/mol. The first kappa shape index (κ1) is 24.0. The summed E-state index contributed by atoms with van der Waals surface area (Å²) in [5, 5.41) is 11.3. The van der Waals surface area contributed by atoms with Crippen LogP contribution < -0.4 is 16.5 Å². The summed E-state index contributed by atoms with van der Waals surface area (Å²) >= 11 is 0. The van der Waals surface area contributed by atoms with Crippen molar-refractivity contribution in [2.75, 3.05) is 11.1 Å². The van der Waals surface area contributed by atoms with E-state index < -0.39 is 12.1 Å². The summed E-state index contributed by atoms with van der Waals surface area (Å²) in [5.41, 5.74) is 8.21. The number of aromatic nitrogens is 4. The second-order valence-corrected chi connectivity index (χ2v) is 8.58. The molecular weight excluding hydrogens is 482 g/mol. The smallest absolute Gasteiger partial charge is 0.313 e. The molecule has 0 aliphatic carbocycles. The molecule has 9 nitrogen and oxygen atoms in total. The normalized spacial score (nSPS) is 12.3. The van der Waals surface area contributed by atoms with Gasteiger partial charge in [0.2, 0.25) is 0 Å². The summed E-state index contributed by atoms with van der Waals surface area (Å²) in [6.07, 6.45) is -1.17. The van der Waals surface area contributed by atoms with Gasteiger partial charge in [-0.1, -0.05) is 17.2 Å². The monoisotopic (exact) mass is 504 g/mol. The maximum atomic E-state index is 13.4. The van der Waals surface area contributed by atoms with Crippen LogP contribution in [0.2, 0.25) is 0 Å². The Kier molecular flexibility index (Phi) is 6.12. The van der Waals surface area contributed by atoms with E-state index in [-0.39, 0.29) is 40.4 Å². The van der Waals surface area contributed by atoms with Crippen molar-refractivity contribution in [3.8, 4) is 23.0 Å². The minimum Gasteiger partial charge on any atom is -0.454 e. The number of hydrogen-bond donors (Lipinski definition) is 2. The van der Waals surface area contributed by atoms with Gasteiger partial charge in [0.25, 0.3) is 12.3 Å². The molecule has 0 amide bonds. The first-order chi connectivity index (χ1) is 17.7. The maximum Gasteiger partial charge on any atom is 0.313 e. The molecule has 5 aromatic rings. The van der Waals surface area contributed by atoms with Gasteiger partial charge in [-0.15, -0.1) is 5.10 Å². The van der Waals surface area contributed by atoms with Gasteiger partial charge < -0.3 is 19.9 Å². The number of nitrogen functional groups attached to an aromatic ring is 1. The van der Waals surface area contributed by atoms with E-state index in [0.29, 0.717) is 27.9 Å². The molecule has 37 heavy (non-hydrogen) atoms. The fourth-order valence-corrected chi connectivity index (χ4v) is 4.17. The second-order valence-electron chi connectivity index (χ2n) is 8.58. The summed E-state index contributed by atoms with van der Waals surface area (Å²) < 4.78 is 38.1. The lowest BCUT2D eigenvalue weighted by Gasteiger charge is -2.19. The number of fused-ring (bicyclic) bond motifs is 1. The van der Waals surface area contributed by atoms with Gasteiger partial charge in [-0.3, -0.25) is 4.79 Å². The van der Waals surface area contributed by atoms with E-state index in [1.807, 2.05) is 19.9 Å². The number of hydrogen-bond acceptors (Lipinski definition) is 9. The van der Waals surface area contributed by atoms with Crippen molar-refractivity contribution in [1.82, 2.24) is 20.2 Å². The van der Waals surface area contributed by atoms with Crippen molar-refractivity contribution < 1.29 is 17.6 Å². The number of halogens is 2. The molecule has 1 aromatic carbocycles. The van der Waals surface area contributed by atoms with Gasteiger partial charge in [0.1, 0.15) is 17.0 Å². The molecule has 5 rings (SSSR count). The zero-order valence-corrected chi connectivity index (χ0v) is 20.1. The number of nitrogens with zero attached hydrogens (tertiary/aromatic N) is 4. The van der Waals surface area contributed by atoms with Crippen LogP contribution in [-0.2, 0) is 0 Å². The molecule has 3 N–H and O–H groups in total. The molecule has 0 aliphatic heterocycles. The number of nitrogens with one attached hydrogen (secondary N) is 1. The zero-order valence-electron chi connectivity index (χ0n) is 20.1. The highest BCUT2D eigenvalue weighted by molar-refractivity contribution is 5.84. The van der Waals surface area contributed by atoms with Crippen molar-refractivity contribution >= 4 is 22.7 Å². The lowest BCUT2D eigenvalue weighted by atomic mass is 9.99. The van der Waals surface area contributed by atoms with Crippen LogP contribution in [0, 0.1) is 13.8 Å². The van der Waals surface area contributed by atoms with E-state index in [2.05, 4.69) is 25.5 Å². The summed E-state index contributed by atoms with van der Waals surface area (Å²) in [4.78, 5) is 21.7. The van der Waals surface area contributed by atoms with Gasteiger partial charge in [-0.25, -0.2) is 18.7 Å². The molecule has 0 spiro atoms. The Hall–Kier alpha value is -4.67. The summed E-state index contributed by atoms with van der Waals surface area (Å²) in [6.45, 7) is 5.37. The topological polar surface area (TPSA) is 133 Å². The second kappa shape index (κ2) is 9.41. The van der Waals surface area contributed by atoms with E-state index >= 15 is 0 Å². The predicted octanol–water partition coefficient (Wildman–Crippen LogP) is 5.61. The van der Waals surface area contributed by atoms with Crippen molar-refractivity contribution in [3.63, 3.8) is 0 Å². The molecule has 0 saturated carbocycles. The van der Waals surface area contributed by atoms with Crippen molar-refractivity contribution in [3.05, 3.63) is 81.3 Å². The Morgan fingerprint density at radius 3 is 2.59 bits per heavy atom. The van der Waals surface area contributed by atoms with Gasteiger partial charge >= 0.3 is 6.01 Å². The van der Waals surface area contributed by atoms with Crippen molar-refractivity contribution in [2.45, 2.75) is 33.2 Å². The Balaban J connectivity index is 1.63. The zero-order chi connectivity index (χ0) is 26.3. The van der Waals surface area contributed by atoms with Crippen LogP contribution in [0.3, 0.4) is 0 Å². The SMILES string of the molecule is Cc1cc(C(C)Nc2cccnc2-c2nnc(N)o2)c2oc(-c3cccc(C(F)F)n3)c(C)c(=O)c2c1. The summed E-state index contributed by atoms with van der Waals surface area (Å²) in [7, 11) is 0. The van der Waals surface area contributed by atoms with Crippen molar-refractivity contribution in [1.29, 1.82) is 0 Å².